The van der Waals surface area contributed by atoms with Crippen LogP contribution in [0.25, 0.3) is 0 Å². The molecule has 1 aromatic rings. The van der Waals surface area contributed by atoms with E-state index in [9.17, 15) is 4.79 Å². The summed E-state index contributed by atoms with van der Waals surface area (Å²) in [7, 11) is 0. The van der Waals surface area contributed by atoms with Crippen LogP contribution in [-0.4, -0.2) is 17.4 Å². The summed E-state index contributed by atoms with van der Waals surface area (Å²) in [6, 6.07) is 3.54. The molecular weight excluding hydrogens is 226 g/mol. The lowest BCUT2D eigenvalue weighted by Gasteiger charge is -2.06. The van der Waals surface area contributed by atoms with Crippen molar-refractivity contribution in [1.29, 1.82) is 0 Å². The first kappa shape index (κ1) is 14.5. The second-order valence-corrected chi connectivity index (χ2v) is 4.49. The maximum absolute atomic E-state index is 11.0. The van der Waals surface area contributed by atoms with Crippen LogP contribution in [0, 0.1) is 0 Å². The van der Waals surface area contributed by atoms with Gasteiger partial charge in [0.2, 0.25) is 0 Å². The zero-order valence-electron chi connectivity index (χ0n) is 11.1. The molecule has 0 saturated heterocycles. The van der Waals surface area contributed by atoms with Gasteiger partial charge >= 0.3 is 0 Å². The molecule has 0 aliphatic heterocycles. The van der Waals surface area contributed by atoms with E-state index < -0.39 is 5.91 Å². The summed E-state index contributed by atoms with van der Waals surface area (Å²) in [6.07, 6.45) is 9.25. The van der Waals surface area contributed by atoms with Crippen LogP contribution in [0.4, 0.5) is 5.69 Å². The number of unbranched alkanes of at least 4 members (excludes halogenated alkanes) is 5. The lowest BCUT2D eigenvalue weighted by Crippen LogP contribution is -2.13. The zero-order chi connectivity index (χ0) is 13.2. The van der Waals surface area contributed by atoms with E-state index in [-0.39, 0.29) is 0 Å². The minimum atomic E-state index is -0.488. The maximum Gasteiger partial charge on any atom is 0.267 e. The largest absolute Gasteiger partial charge is 0.385 e. The topological polar surface area (TPSA) is 68.0 Å². The monoisotopic (exact) mass is 249 g/mol. The SMILES string of the molecule is CCCCCCCCNc1ccnc(C(N)=O)c1. The van der Waals surface area contributed by atoms with Crippen molar-refractivity contribution in [1.82, 2.24) is 4.98 Å². The summed E-state index contributed by atoms with van der Waals surface area (Å²) in [6.45, 7) is 3.15. The molecule has 0 spiro atoms. The van der Waals surface area contributed by atoms with Crippen LogP contribution in [0.2, 0.25) is 0 Å². The van der Waals surface area contributed by atoms with Crippen molar-refractivity contribution in [3.63, 3.8) is 0 Å². The van der Waals surface area contributed by atoms with Gasteiger partial charge in [0, 0.05) is 18.4 Å². The number of rotatable bonds is 9. The molecule has 0 unspecified atom stereocenters. The summed E-state index contributed by atoms with van der Waals surface area (Å²) >= 11 is 0. The standard InChI is InChI=1S/C14H23N3O/c1-2-3-4-5-6-7-9-16-12-8-10-17-13(11-12)14(15)18/h8,10-11H,2-7,9H2,1H3,(H2,15,18)(H,16,17). The molecule has 1 amide bonds. The van der Waals surface area contributed by atoms with Crippen molar-refractivity contribution in [2.24, 2.45) is 5.73 Å². The first-order chi connectivity index (χ1) is 8.74. The summed E-state index contributed by atoms with van der Waals surface area (Å²) in [4.78, 5) is 14.9. The van der Waals surface area contributed by atoms with Gasteiger partial charge in [0.1, 0.15) is 5.69 Å². The fourth-order valence-corrected chi connectivity index (χ4v) is 1.81. The number of aromatic nitrogens is 1. The highest BCUT2D eigenvalue weighted by atomic mass is 16.1. The van der Waals surface area contributed by atoms with Gasteiger partial charge in [-0.2, -0.15) is 0 Å². The third-order valence-electron chi connectivity index (χ3n) is 2.87. The normalized spacial score (nSPS) is 10.3. The van der Waals surface area contributed by atoms with Crippen molar-refractivity contribution in [2.75, 3.05) is 11.9 Å². The number of primary amides is 1. The quantitative estimate of drug-likeness (QED) is 0.661. The number of hydrogen-bond acceptors (Lipinski definition) is 3. The van der Waals surface area contributed by atoms with Crippen LogP contribution in [0.3, 0.4) is 0 Å². The number of nitrogens with zero attached hydrogens (tertiary/aromatic N) is 1. The Hall–Kier alpha value is -1.58. The summed E-state index contributed by atoms with van der Waals surface area (Å²) in [5.74, 6) is -0.488. The Balaban J connectivity index is 2.19. The molecule has 1 aromatic heterocycles. The molecule has 0 atom stereocenters. The highest BCUT2D eigenvalue weighted by molar-refractivity contribution is 5.91. The fraction of sp³-hybridized carbons (Fsp3) is 0.571. The van der Waals surface area contributed by atoms with E-state index in [2.05, 4.69) is 17.2 Å². The molecule has 0 aliphatic carbocycles. The Morgan fingerprint density at radius 3 is 2.72 bits per heavy atom. The lowest BCUT2D eigenvalue weighted by molar-refractivity contribution is 0.0995. The average molecular weight is 249 g/mol. The van der Waals surface area contributed by atoms with E-state index in [4.69, 9.17) is 5.73 Å². The molecule has 0 fully saturated rings. The van der Waals surface area contributed by atoms with Gasteiger partial charge < -0.3 is 11.1 Å². The summed E-state index contributed by atoms with van der Waals surface area (Å²) < 4.78 is 0. The Labute approximate surface area is 109 Å². The lowest BCUT2D eigenvalue weighted by atomic mass is 10.1. The molecular formula is C14H23N3O. The van der Waals surface area contributed by atoms with Crippen molar-refractivity contribution < 1.29 is 4.79 Å². The van der Waals surface area contributed by atoms with E-state index in [1.165, 1.54) is 32.1 Å². The zero-order valence-corrected chi connectivity index (χ0v) is 11.1. The third kappa shape index (κ3) is 5.66. The molecule has 0 aliphatic rings. The number of carbonyl (C=O) groups excluding carboxylic acids is 1. The Kier molecular flexibility index (Phi) is 6.84. The van der Waals surface area contributed by atoms with Gasteiger partial charge in [-0.1, -0.05) is 39.0 Å². The van der Waals surface area contributed by atoms with E-state index >= 15 is 0 Å². The Morgan fingerprint density at radius 2 is 2.00 bits per heavy atom. The van der Waals surface area contributed by atoms with Crippen LogP contribution in [0.5, 0.6) is 0 Å². The van der Waals surface area contributed by atoms with E-state index in [0.29, 0.717) is 5.69 Å². The summed E-state index contributed by atoms with van der Waals surface area (Å²) in [5, 5.41) is 3.28. The van der Waals surface area contributed by atoms with Crippen molar-refractivity contribution in [3.05, 3.63) is 24.0 Å². The van der Waals surface area contributed by atoms with Crippen molar-refractivity contribution in [3.8, 4) is 0 Å². The van der Waals surface area contributed by atoms with E-state index in [1.807, 2.05) is 6.07 Å². The van der Waals surface area contributed by atoms with Crippen LogP contribution in [0.15, 0.2) is 18.3 Å². The Bertz CT molecular complexity index is 366. The first-order valence-corrected chi connectivity index (χ1v) is 6.73. The van der Waals surface area contributed by atoms with Gasteiger partial charge in [-0.25, -0.2) is 0 Å². The number of amides is 1. The summed E-state index contributed by atoms with van der Waals surface area (Å²) in [5.41, 5.74) is 6.39. The van der Waals surface area contributed by atoms with Gasteiger partial charge in [-0.3, -0.25) is 9.78 Å². The smallest absolute Gasteiger partial charge is 0.267 e. The first-order valence-electron chi connectivity index (χ1n) is 6.73. The van der Waals surface area contributed by atoms with Crippen LogP contribution >= 0.6 is 0 Å². The molecule has 1 heterocycles. The molecule has 0 aromatic carbocycles. The molecule has 4 heteroatoms. The number of anilines is 1. The molecule has 0 radical (unpaired) electrons. The van der Waals surface area contributed by atoms with Crippen molar-refractivity contribution in [2.45, 2.75) is 45.4 Å². The van der Waals surface area contributed by atoms with Gasteiger partial charge in [0.25, 0.3) is 5.91 Å². The van der Waals surface area contributed by atoms with Gasteiger partial charge in [-0.15, -0.1) is 0 Å². The van der Waals surface area contributed by atoms with E-state index in [0.717, 1.165) is 18.7 Å². The minimum Gasteiger partial charge on any atom is -0.385 e. The molecule has 0 bridgehead atoms. The Morgan fingerprint density at radius 1 is 1.28 bits per heavy atom. The number of carbonyl (C=O) groups is 1. The fourth-order valence-electron chi connectivity index (χ4n) is 1.81. The van der Waals surface area contributed by atoms with Crippen LogP contribution < -0.4 is 11.1 Å². The maximum atomic E-state index is 11.0. The molecule has 1 rings (SSSR count). The molecule has 100 valence electrons. The van der Waals surface area contributed by atoms with Gasteiger partial charge in [-0.05, 0) is 18.6 Å². The molecule has 4 nitrogen and oxygen atoms in total. The van der Waals surface area contributed by atoms with Crippen molar-refractivity contribution >= 4 is 11.6 Å². The van der Waals surface area contributed by atoms with E-state index in [1.54, 1.807) is 12.3 Å². The van der Waals surface area contributed by atoms with Gasteiger partial charge in [0.15, 0.2) is 0 Å². The number of nitrogens with two attached hydrogens (primary N) is 1. The number of hydrogen-bond donors (Lipinski definition) is 2. The van der Waals surface area contributed by atoms with Crippen LogP contribution in [0.1, 0.15) is 55.9 Å². The average Bonchev–Trinajstić information content (AvgIpc) is 2.38. The third-order valence-corrected chi connectivity index (χ3v) is 2.87. The highest BCUT2D eigenvalue weighted by Crippen LogP contribution is 2.09. The number of pyridine rings is 1. The van der Waals surface area contributed by atoms with Crippen LogP contribution in [-0.2, 0) is 0 Å². The predicted octanol–water partition coefficient (Wildman–Crippen LogP) is 2.95. The molecule has 3 N–H and O–H groups in total. The molecule has 0 saturated carbocycles. The second-order valence-electron chi connectivity index (χ2n) is 4.49. The molecule has 18 heavy (non-hydrogen) atoms. The predicted molar refractivity (Wildman–Crippen MR) is 74.6 cm³/mol. The minimum absolute atomic E-state index is 0.308. The van der Waals surface area contributed by atoms with Gasteiger partial charge in [0.05, 0.1) is 0 Å². The number of nitrogens with one attached hydrogen (secondary N) is 1. The second kappa shape index (κ2) is 8.50. The highest BCUT2D eigenvalue weighted by Gasteiger charge is 2.02.